The van der Waals surface area contributed by atoms with Crippen LogP contribution in [0.25, 0.3) is 0 Å². The van der Waals surface area contributed by atoms with Crippen molar-refractivity contribution in [3.8, 4) is 0 Å². The van der Waals surface area contributed by atoms with Gasteiger partial charge in [-0.05, 0) is 13.1 Å². The maximum absolute atomic E-state index is 6.63. The molecule has 0 fully saturated rings. The smallest absolute Gasteiger partial charge is 0.110 e. The fourth-order valence-corrected chi connectivity index (χ4v) is 0.410. The first-order valence-electron chi connectivity index (χ1n) is 2.07. The van der Waals surface area contributed by atoms with E-state index in [4.69, 9.17) is 8.48 Å². The molecule has 1 N–H and O–H groups in total. The Kier molecular flexibility index (Phi) is 4.75. The molecule has 1 atom stereocenters. The Balaban J connectivity index is 2.98. The molecule has 0 aliphatic heterocycles. The summed E-state index contributed by atoms with van der Waals surface area (Å²) in [6.07, 6.45) is 2.25. The zero-order valence-electron chi connectivity index (χ0n) is 4.15. The molecule has 0 rings (SSSR count). The summed E-state index contributed by atoms with van der Waals surface area (Å²) in [5, 5.41) is 6.63. The zero-order chi connectivity index (χ0) is 5.70. The molecule has 0 saturated heterocycles. The topological polar surface area (TPSA) is 33.1 Å². The quantitative estimate of drug-likeness (QED) is 0.562. The molecular formula is C4H8INO. The van der Waals surface area contributed by atoms with Crippen LogP contribution in [-0.2, 0) is 3.07 Å². The molecule has 1 unspecified atom stereocenters. The minimum atomic E-state index is 0.193. The van der Waals surface area contributed by atoms with Crippen LogP contribution in [0.4, 0.5) is 0 Å². The minimum Gasteiger partial charge on any atom is -0.313 e. The van der Waals surface area contributed by atoms with Crippen LogP contribution in [0.5, 0.6) is 0 Å². The predicted molar refractivity (Wildman–Crippen MR) is 38.0 cm³/mol. The minimum absolute atomic E-state index is 0.193. The molecule has 0 spiro atoms. The average molecular weight is 213 g/mol. The Bertz CT molecular complexity index is 57.7. The van der Waals surface area contributed by atoms with E-state index in [9.17, 15) is 0 Å². The van der Waals surface area contributed by atoms with Gasteiger partial charge in [0.2, 0.25) is 0 Å². The Hall–Kier alpha value is 0.360. The van der Waals surface area contributed by atoms with Crippen molar-refractivity contribution in [2.75, 3.05) is 0 Å². The summed E-state index contributed by atoms with van der Waals surface area (Å²) in [5.41, 5.74) is 0. The SMILES string of the molecule is CC(CC=N)OI. The van der Waals surface area contributed by atoms with Gasteiger partial charge in [0.15, 0.2) is 0 Å². The lowest BCUT2D eigenvalue weighted by Crippen LogP contribution is -1.99. The third-order valence-corrected chi connectivity index (χ3v) is 1.47. The highest BCUT2D eigenvalue weighted by molar-refractivity contribution is 14.1. The fourth-order valence-electron chi connectivity index (χ4n) is 0.202. The average Bonchev–Trinajstić information content (AvgIpc) is 1.68. The molecule has 0 bridgehead atoms. The van der Waals surface area contributed by atoms with E-state index in [1.807, 2.05) is 29.9 Å². The summed E-state index contributed by atoms with van der Waals surface area (Å²) in [6.45, 7) is 1.93. The van der Waals surface area contributed by atoms with Gasteiger partial charge in [-0.25, -0.2) is 0 Å². The first-order valence-corrected chi connectivity index (χ1v) is 2.95. The molecule has 0 amide bonds. The number of hydrogen-bond donors (Lipinski definition) is 1. The van der Waals surface area contributed by atoms with E-state index in [-0.39, 0.29) is 6.10 Å². The second-order valence-corrected chi connectivity index (χ2v) is 1.85. The number of halogens is 1. The summed E-state index contributed by atoms with van der Waals surface area (Å²) in [7, 11) is 0. The van der Waals surface area contributed by atoms with Crippen LogP contribution in [0.1, 0.15) is 13.3 Å². The van der Waals surface area contributed by atoms with E-state index in [0.717, 1.165) is 0 Å². The van der Waals surface area contributed by atoms with Crippen LogP contribution >= 0.6 is 23.0 Å². The molecule has 0 aromatic carbocycles. The predicted octanol–water partition coefficient (Wildman–Crippen LogP) is 1.78. The van der Waals surface area contributed by atoms with E-state index >= 15 is 0 Å². The van der Waals surface area contributed by atoms with E-state index in [1.165, 1.54) is 6.21 Å². The third kappa shape index (κ3) is 4.21. The van der Waals surface area contributed by atoms with Gasteiger partial charge < -0.3 is 8.48 Å². The molecule has 3 heteroatoms. The maximum Gasteiger partial charge on any atom is 0.110 e. The summed E-state index contributed by atoms with van der Waals surface area (Å²) in [4.78, 5) is 0. The van der Waals surface area contributed by atoms with Gasteiger partial charge in [0.1, 0.15) is 23.0 Å². The number of nitrogens with one attached hydrogen (secondary N) is 1. The number of rotatable bonds is 3. The molecule has 0 aliphatic rings. The second-order valence-electron chi connectivity index (χ2n) is 1.34. The Morgan fingerprint density at radius 1 is 2.00 bits per heavy atom. The Morgan fingerprint density at radius 2 is 2.57 bits per heavy atom. The molecular weight excluding hydrogens is 205 g/mol. The molecule has 2 nitrogen and oxygen atoms in total. The van der Waals surface area contributed by atoms with Crippen LogP contribution in [0.15, 0.2) is 0 Å². The van der Waals surface area contributed by atoms with Gasteiger partial charge in [-0.1, -0.05) is 0 Å². The summed E-state index contributed by atoms with van der Waals surface area (Å²) in [5.74, 6) is 0. The fraction of sp³-hybridized carbons (Fsp3) is 0.750. The normalized spacial score (nSPS) is 13.4. The molecule has 0 heterocycles. The van der Waals surface area contributed by atoms with Crippen LogP contribution in [0.2, 0.25) is 0 Å². The van der Waals surface area contributed by atoms with Gasteiger partial charge >= 0.3 is 0 Å². The first kappa shape index (κ1) is 7.36. The third-order valence-electron chi connectivity index (χ3n) is 0.602. The van der Waals surface area contributed by atoms with Gasteiger partial charge in [0.25, 0.3) is 0 Å². The summed E-state index contributed by atoms with van der Waals surface area (Å²) < 4.78 is 4.81. The van der Waals surface area contributed by atoms with Crippen molar-refractivity contribution in [3.05, 3.63) is 0 Å². The highest BCUT2D eigenvalue weighted by atomic mass is 127. The van der Waals surface area contributed by atoms with Crippen molar-refractivity contribution in [2.45, 2.75) is 19.4 Å². The lowest BCUT2D eigenvalue weighted by atomic mass is 10.3. The molecule has 0 aromatic heterocycles. The molecule has 42 valence electrons. The van der Waals surface area contributed by atoms with Crippen LogP contribution in [-0.4, -0.2) is 12.3 Å². The Labute approximate surface area is 57.4 Å². The number of hydrogen-bond acceptors (Lipinski definition) is 2. The summed E-state index contributed by atoms with van der Waals surface area (Å²) >= 11 is 1.83. The molecule has 0 saturated carbocycles. The van der Waals surface area contributed by atoms with E-state index in [0.29, 0.717) is 6.42 Å². The van der Waals surface area contributed by atoms with E-state index in [1.54, 1.807) is 0 Å². The largest absolute Gasteiger partial charge is 0.313 e. The second kappa shape index (κ2) is 4.52. The van der Waals surface area contributed by atoms with Gasteiger partial charge in [-0.15, -0.1) is 0 Å². The molecule has 0 aromatic rings. The van der Waals surface area contributed by atoms with Gasteiger partial charge in [0.05, 0.1) is 6.10 Å². The van der Waals surface area contributed by atoms with Gasteiger partial charge in [0, 0.05) is 6.42 Å². The maximum atomic E-state index is 6.63. The van der Waals surface area contributed by atoms with Gasteiger partial charge in [-0.2, -0.15) is 0 Å². The van der Waals surface area contributed by atoms with Crippen molar-refractivity contribution in [1.29, 1.82) is 5.41 Å². The highest BCUT2D eigenvalue weighted by Gasteiger charge is 1.93. The standard InChI is InChI=1S/C4H8INO/c1-4(7-5)2-3-6/h3-4,6H,2H2,1H3. The van der Waals surface area contributed by atoms with Crippen molar-refractivity contribution >= 4 is 29.2 Å². The van der Waals surface area contributed by atoms with Crippen molar-refractivity contribution in [2.24, 2.45) is 0 Å². The molecule has 0 radical (unpaired) electrons. The van der Waals surface area contributed by atoms with Crippen LogP contribution in [0.3, 0.4) is 0 Å². The van der Waals surface area contributed by atoms with E-state index < -0.39 is 0 Å². The highest BCUT2D eigenvalue weighted by Crippen LogP contribution is 1.98. The molecule has 7 heavy (non-hydrogen) atoms. The van der Waals surface area contributed by atoms with Crippen molar-refractivity contribution in [1.82, 2.24) is 0 Å². The van der Waals surface area contributed by atoms with Crippen LogP contribution < -0.4 is 0 Å². The van der Waals surface area contributed by atoms with Gasteiger partial charge in [-0.3, -0.25) is 0 Å². The van der Waals surface area contributed by atoms with Crippen molar-refractivity contribution < 1.29 is 3.07 Å². The van der Waals surface area contributed by atoms with Crippen LogP contribution in [0, 0.1) is 5.41 Å². The molecule has 0 aliphatic carbocycles. The van der Waals surface area contributed by atoms with E-state index in [2.05, 4.69) is 0 Å². The summed E-state index contributed by atoms with van der Waals surface area (Å²) in [6, 6.07) is 0. The monoisotopic (exact) mass is 213 g/mol. The zero-order valence-corrected chi connectivity index (χ0v) is 6.31. The Morgan fingerprint density at radius 3 is 2.71 bits per heavy atom. The van der Waals surface area contributed by atoms with Crippen molar-refractivity contribution in [3.63, 3.8) is 0 Å². The first-order chi connectivity index (χ1) is 3.31. The lowest BCUT2D eigenvalue weighted by Gasteiger charge is -1.99. The lowest BCUT2D eigenvalue weighted by molar-refractivity contribution is 0.320.